The zero-order valence-corrected chi connectivity index (χ0v) is 21.8. The van der Waals surface area contributed by atoms with Gasteiger partial charge in [0.1, 0.15) is 5.82 Å². The number of thiophene rings is 1. The summed E-state index contributed by atoms with van der Waals surface area (Å²) in [6.07, 6.45) is 0.526. The van der Waals surface area contributed by atoms with Gasteiger partial charge in [-0.2, -0.15) is 0 Å². The number of halogens is 1. The molecule has 4 nitrogen and oxygen atoms in total. The standard InChI is InChI=1S/C26H27FO4S.Na/c1-16(2)25-22(13-12-20(28)14-21(29)15-23(30)31)24(17-8-10-19(27)11-9-17)26(32-25)18-6-4-3-5-7-18;/h3-13,16,20-21,28-29H,14-15H2,1-2H3,(H,30,31);/q;+1/p-1/b13-12+;. The zero-order valence-electron chi connectivity index (χ0n) is 19.0. The van der Waals surface area contributed by atoms with E-state index in [9.17, 15) is 24.5 Å². The van der Waals surface area contributed by atoms with Crippen molar-refractivity contribution in [2.45, 2.75) is 44.8 Å². The van der Waals surface area contributed by atoms with Crippen molar-refractivity contribution < 1.29 is 54.1 Å². The first kappa shape index (κ1) is 27.4. The molecule has 0 fully saturated rings. The molecule has 1 heterocycles. The smallest absolute Gasteiger partial charge is 0.550 e. The number of aliphatic hydroxyl groups excluding tert-OH is 2. The van der Waals surface area contributed by atoms with E-state index in [1.165, 1.54) is 12.1 Å². The van der Waals surface area contributed by atoms with Gasteiger partial charge in [0.25, 0.3) is 0 Å². The minimum atomic E-state index is -1.36. The summed E-state index contributed by atoms with van der Waals surface area (Å²) in [6, 6.07) is 16.3. The molecule has 0 bridgehead atoms. The van der Waals surface area contributed by atoms with Crippen molar-refractivity contribution >= 4 is 23.4 Å². The van der Waals surface area contributed by atoms with Gasteiger partial charge in [-0.25, -0.2) is 4.39 Å². The third kappa shape index (κ3) is 7.34. The molecule has 3 rings (SSSR count). The molecule has 2 atom stereocenters. The van der Waals surface area contributed by atoms with Gasteiger partial charge in [-0.15, -0.1) is 11.3 Å². The second kappa shape index (κ2) is 12.6. The molecule has 168 valence electrons. The minimum Gasteiger partial charge on any atom is -0.550 e. The molecule has 0 saturated heterocycles. The second-order valence-corrected chi connectivity index (χ2v) is 9.06. The minimum absolute atomic E-state index is 0. The monoisotopic (exact) mass is 476 g/mol. The zero-order chi connectivity index (χ0) is 23.3. The number of carboxylic acids is 1. The molecule has 0 aliphatic carbocycles. The number of hydrogen-bond acceptors (Lipinski definition) is 5. The molecule has 0 saturated carbocycles. The van der Waals surface area contributed by atoms with Crippen LogP contribution >= 0.6 is 11.3 Å². The van der Waals surface area contributed by atoms with Crippen LogP contribution in [0.15, 0.2) is 60.7 Å². The Labute approximate surface area is 219 Å². The molecule has 2 aromatic carbocycles. The maximum absolute atomic E-state index is 13.6. The molecular weight excluding hydrogens is 450 g/mol. The number of aliphatic hydroxyl groups is 2. The molecule has 2 unspecified atom stereocenters. The van der Waals surface area contributed by atoms with E-state index in [-0.39, 0.29) is 47.7 Å². The summed E-state index contributed by atoms with van der Waals surface area (Å²) in [5.74, 6) is -1.47. The molecule has 0 aliphatic rings. The normalized spacial score (nSPS) is 13.2. The Bertz CT molecular complexity index is 1080. The Morgan fingerprint density at radius 3 is 2.27 bits per heavy atom. The van der Waals surface area contributed by atoms with Crippen molar-refractivity contribution in [1.29, 1.82) is 0 Å². The summed E-state index contributed by atoms with van der Waals surface area (Å²) in [5, 5.41) is 30.8. The summed E-state index contributed by atoms with van der Waals surface area (Å²) in [6.45, 7) is 4.18. The fourth-order valence-electron chi connectivity index (χ4n) is 3.59. The van der Waals surface area contributed by atoms with E-state index >= 15 is 0 Å². The van der Waals surface area contributed by atoms with Crippen LogP contribution in [0, 0.1) is 5.82 Å². The number of benzene rings is 2. The van der Waals surface area contributed by atoms with Gasteiger partial charge in [-0.3, -0.25) is 0 Å². The van der Waals surface area contributed by atoms with Crippen LogP contribution in [-0.4, -0.2) is 28.4 Å². The molecular formula is C26H26FNaO4S. The van der Waals surface area contributed by atoms with Gasteiger partial charge in [0.05, 0.1) is 12.2 Å². The predicted molar refractivity (Wildman–Crippen MR) is 125 cm³/mol. The topological polar surface area (TPSA) is 80.6 Å². The third-order valence-electron chi connectivity index (χ3n) is 5.07. The first-order valence-corrected chi connectivity index (χ1v) is 11.3. The van der Waals surface area contributed by atoms with Gasteiger partial charge in [-0.1, -0.05) is 68.5 Å². The van der Waals surface area contributed by atoms with Crippen molar-refractivity contribution in [3.63, 3.8) is 0 Å². The Kier molecular flexibility index (Phi) is 10.5. The molecule has 2 N–H and O–H groups in total. The SMILES string of the molecule is CC(C)c1sc(-c2ccccc2)c(-c2ccc(F)cc2)c1/C=C/C(O)CC(O)CC(=O)[O-].[Na+]. The van der Waals surface area contributed by atoms with Crippen LogP contribution in [0.25, 0.3) is 27.6 Å². The number of rotatable bonds is 9. The van der Waals surface area contributed by atoms with E-state index in [1.807, 2.05) is 36.4 Å². The Morgan fingerprint density at radius 1 is 1.06 bits per heavy atom. The van der Waals surface area contributed by atoms with Crippen LogP contribution in [-0.2, 0) is 4.79 Å². The molecule has 0 amide bonds. The quantitative estimate of drug-likeness (QED) is 0.460. The maximum Gasteiger partial charge on any atom is 1.00 e. The van der Waals surface area contributed by atoms with E-state index < -0.39 is 24.6 Å². The van der Waals surface area contributed by atoms with Gasteiger partial charge < -0.3 is 20.1 Å². The van der Waals surface area contributed by atoms with Crippen molar-refractivity contribution in [3.05, 3.63) is 76.9 Å². The molecule has 7 heteroatoms. The number of carboxylic acid groups (broad SMARTS) is 1. The molecule has 1 aromatic heterocycles. The Balaban J connectivity index is 0.00000385. The van der Waals surface area contributed by atoms with Gasteiger partial charge in [0.15, 0.2) is 0 Å². The summed E-state index contributed by atoms with van der Waals surface area (Å²) < 4.78 is 13.6. The van der Waals surface area contributed by atoms with E-state index in [2.05, 4.69) is 13.8 Å². The van der Waals surface area contributed by atoms with Gasteiger partial charge >= 0.3 is 29.6 Å². The maximum atomic E-state index is 13.6. The number of hydrogen-bond donors (Lipinski definition) is 2. The molecule has 3 aromatic rings. The number of aliphatic carboxylic acids is 1. The summed E-state index contributed by atoms with van der Waals surface area (Å²) >= 11 is 1.66. The first-order valence-electron chi connectivity index (χ1n) is 10.5. The van der Waals surface area contributed by atoms with Crippen molar-refractivity contribution in [2.24, 2.45) is 0 Å². The van der Waals surface area contributed by atoms with Gasteiger partial charge in [0.2, 0.25) is 0 Å². The van der Waals surface area contributed by atoms with E-state index in [0.29, 0.717) is 0 Å². The summed E-state index contributed by atoms with van der Waals surface area (Å²) in [7, 11) is 0. The van der Waals surface area contributed by atoms with Crippen LogP contribution in [0.4, 0.5) is 4.39 Å². The van der Waals surface area contributed by atoms with Gasteiger partial charge in [0, 0.05) is 34.1 Å². The Hall–Kier alpha value is -1.80. The Morgan fingerprint density at radius 2 is 1.70 bits per heavy atom. The van der Waals surface area contributed by atoms with Crippen molar-refractivity contribution in [1.82, 2.24) is 0 Å². The molecule has 0 aliphatic heterocycles. The predicted octanol–water partition coefficient (Wildman–Crippen LogP) is 1.61. The van der Waals surface area contributed by atoms with E-state index in [4.69, 9.17) is 0 Å². The molecule has 0 radical (unpaired) electrons. The van der Waals surface area contributed by atoms with Crippen LogP contribution in [0.5, 0.6) is 0 Å². The van der Waals surface area contributed by atoms with Crippen LogP contribution in [0.3, 0.4) is 0 Å². The fraction of sp³-hybridized carbons (Fsp3) is 0.269. The van der Waals surface area contributed by atoms with Gasteiger partial charge in [-0.05, 0) is 34.7 Å². The average molecular weight is 477 g/mol. The molecule has 0 spiro atoms. The van der Waals surface area contributed by atoms with Crippen LogP contribution in [0.2, 0.25) is 0 Å². The third-order valence-corrected chi connectivity index (χ3v) is 6.62. The van der Waals surface area contributed by atoms with E-state index in [0.717, 1.165) is 32.0 Å². The number of carbonyl (C=O) groups excluding carboxylic acids is 1. The fourth-order valence-corrected chi connectivity index (χ4v) is 4.91. The van der Waals surface area contributed by atoms with Crippen LogP contribution in [0.1, 0.15) is 43.0 Å². The van der Waals surface area contributed by atoms with Crippen molar-refractivity contribution in [2.75, 3.05) is 0 Å². The summed E-state index contributed by atoms with van der Waals surface area (Å²) in [4.78, 5) is 12.8. The average Bonchev–Trinajstić information content (AvgIpc) is 3.12. The largest absolute Gasteiger partial charge is 1.00 e. The van der Waals surface area contributed by atoms with E-state index in [1.54, 1.807) is 29.5 Å². The summed E-state index contributed by atoms with van der Waals surface area (Å²) in [5.41, 5.74) is 3.77. The van der Waals surface area contributed by atoms with Crippen LogP contribution < -0.4 is 34.7 Å². The molecule has 33 heavy (non-hydrogen) atoms. The second-order valence-electron chi connectivity index (χ2n) is 8.00. The first-order chi connectivity index (χ1) is 15.3. The number of carbonyl (C=O) groups is 1. The van der Waals surface area contributed by atoms with Crippen molar-refractivity contribution in [3.8, 4) is 21.6 Å².